The number of nitrogens with zero attached hydrogens (tertiary/aromatic N) is 3. The normalized spacial score (nSPS) is 18.4. The zero-order valence-electron chi connectivity index (χ0n) is 22.5. The zero-order chi connectivity index (χ0) is 27.2. The molecular formula is C30H38N4O2S. The molecule has 0 unspecified atom stereocenters. The summed E-state index contributed by atoms with van der Waals surface area (Å²) >= 11 is 0. The average molecular weight is 519 g/mol. The van der Waals surface area contributed by atoms with Crippen LogP contribution in [0.15, 0.2) is 78.5 Å². The van der Waals surface area contributed by atoms with Crippen LogP contribution in [-0.2, 0) is 9.84 Å². The van der Waals surface area contributed by atoms with E-state index in [-0.39, 0.29) is 17.7 Å². The number of hydrogen-bond acceptors (Lipinski definition) is 6. The van der Waals surface area contributed by atoms with Gasteiger partial charge in [-0.15, -0.1) is 0 Å². The predicted molar refractivity (Wildman–Crippen MR) is 159 cm³/mol. The zero-order valence-corrected chi connectivity index (χ0v) is 23.3. The molecule has 3 rings (SSSR count). The van der Waals surface area contributed by atoms with Gasteiger partial charge in [0.15, 0.2) is 0 Å². The van der Waals surface area contributed by atoms with Gasteiger partial charge in [-0.25, -0.2) is 13.4 Å². The molecule has 6 nitrogen and oxygen atoms in total. The molecule has 0 radical (unpaired) electrons. The van der Waals surface area contributed by atoms with Gasteiger partial charge in [0.1, 0.15) is 15.7 Å². The van der Waals surface area contributed by atoms with Crippen molar-refractivity contribution in [3.05, 3.63) is 84.6 Å². The minimum atomic E-state index is -2.98. The monoisotopic (exact) mass is 518 g/mol. The topological polar surface area (TPSA) is 74.7 Å². The lowest BCUT2D eigenvalue weighted by molar-refractivity contribution is 0.310. The van der Waals surface area contributed by atoms with Crippen LogP contribution in [0.25, 0.3) is 22.4 Å². The second-order valence-corrected chi connectivity index (χ2v) is 12.2. The molecule has 1 aliphatic rings. The van der Waals surface area contributed by atoms with E-state index in [1.165, 1.54) is 6.26 Å². The van der Waals surface area contributed by atoms with E-state index in [4.69, 9.17) is 4.98 Å². The molecule has 0 atom stereocenters. The van der Waals surface area contributed by atoms with Crippen LogP contribution in [0.5, 0.6) is 0 Å². The molecule has 196 valence electrons. The van der Waals surface area contributed by atoms with Crippen molar-refractivity contribution >= 4 is 33.0 Å². The predicted octanol–water partition coefficient (Wildman–Crippen LogP) is 5.73. The molecule has 1 aliphatic carbocycles. The van der Waals surface area contributed by atoms with Crippen LogP contribution < -0.4 is 5.32 Å². The second-order valence-electron chi connectivity index (χ2n) is 10.0. The summed E-state index contributed by atoms with van der Waals surface area (Å²) in [5.41, 5.74) is 6.69. The first kappa shape index (κ1) is 28.1. The molecule has 1 aromatic carbocycles. The van der Waals surface area contributed by atoms with E-state index in [0.29, 0.717) is 0 Å². The van der Waals surface area contributed by atoms with Crippen molar-refractivity contribution in [2.45, 2.75) is 25.8 Å². The van der Waals surface area contributed by atoms with Gasteiger partial charge >= 0.3 is 0 Å². The van der Waals surface area contributed by atoms with Crippen LogP contribution >= 0.6 is 0 Å². The highest BCUT2D eigenvalue weighted by molar-refractivity contribution is 7.90. The number of benzene rings is 1. The summed E-state index contributed by atoms with van der Waals surface area (Å²) in [6.07, 6.45) is 10.6. The van der Waals surface area contributed by atoms with E-state index in [9.17, 15) is 8.42 Å². The van der Waals surface area contributed by atoms with Gasteiger partial charge in [0.05, 0.1) is 11.4 Å². The van der Waals surface area contributed by atoms with Crippen molar-refractivity contribution in [3.8, 4) is 11.3 Å². The summed E-state index contributed by atoms with van der Waals surface area (Å²) in [5, 5.41) is 3.59. The van der Waals surface area contributed by atoms with Gasteiger partial charge in [0.2, 0.25) is 0 Å². The SMILES string of the molecule is C=C/C(=C\N(C)C)c1cccc(-c2ccc(/C(C=NC)=C/C(=C)C)c(NC3CC(CS(C)(=O)=O)C3)n2)c1. The Kier molecular flexibility index (Phi) is 9.27. The third-order valence-corrected chi connectivity index (χ3v) is 7.18. The molecule has 1 heterocycles. The lowest BCUT2D eigenvalue weighted by Crippen LogP contribution is -2.39. The summed E-state index contributed by atoms with van der Waals surface area (Å²) in [5.74, 6) is 1.17. The first-order valence-electron chi connectivity index (χ1n) is 12.4. The third-order valence-electron chi connectivity index (χ3n) is 6.10. The number of rotatable bonds is 11. The van der Waals surface area contributed by atoms with Crippen molar-refractivity contribution in [1.29, 1.82) is 0 Å². The van der Waals surface area contributed by atoms with Gasteiger partial charge in [-0.2, -0.15) is 0 Å². The maximum Gasteiger partial charge on any atom is 0.147 e. The third kappa shape index (κ3) is 8.02. The number of hydrogen-bond donors (Lipinski definition) is 1. The van der Waals surface area contributed by atoms with Gasteiger partial charge in [-0.1, -0.05) is 49.1 Å². The van der Waals surface area contributed by atoms with Gasteiger partial charge in [-0.3, -0.25) is 4.99 Å². The molecule has 2 aromatic rings. The smallest absolute Gasteiger partial charge is 0.147 e. The molecule has 0 amide bonds. The minimum Gasteiger partial charge on any atom is -0.383 e. The van der Waals surface area contributed by atoms with Crippen LogP contribution in [0.4, 0.5) is 5.82 Å². The number of aromatic nitrogens is 1. The summed E-state index contributed by atoms with van der Waals surface area (Å²) in [7, 11) is 2.74. The lowest BCUT2D eigenvalue weighted by atomic mass is 9.81. The van der Waals surface area contributed by atoms with E-state index in [1.807, 2.05) is 62.6 Å². The van der Waals surface area contributed by atoms with Crippen LogP contribution in [0, 0.1) is 5.92 Å². The Hall–Kier alpha value is -3.45. The number of nitrogens with one attached hydrogen (secondary N) is 1. The summed E-state index contributed by atoms with van der Waals surface area (Å²) < 4.78 is 23.4. The average Bonchev–Trinajstić information content (AvgIpc) is 2.79. The molecule has 1 saturated carbocycles. The van der Waals surface area contributed by atoms with Crippen LogP contribution in [0.2, 0.25) is 0 Å². The van der Waals surface area contributed by atoms with Crippen LogP contribution in [0.1, 0.15) is 30.9 Å². The van der Waals surface area contributed by atoms with Crippen molar-refractivity contribution in [2.75, 3.05) is 38.5 Å². The molecule has 37 heavy (non-hydrogen) atoms. The number of anilines is 1. The van der Waals surface area contributed by atoms with E-state index >= 15 is 0 Å². The van der Waals surface area contributed by atoms with Crippen molar-refractivity contribution in [2.24, 2.45) is 10.9 Å². The highest BCUT2D eigenvalue weighted by atomic mass is 32.2. The lowest BCUT2D eigenvalue weighted by Gasteiger charge is -2.36. The highest BCUT2D eigenvalue weighted by Gasteiger charge is 2.32. The first-order chi connectivity index (χ1) is 17.5. The summed E-state index contributed by atoms with van der Waals surface area (Å²) in [6.45, 7) is 9.95. The second kappa shape index (κ2) is 12.2. The molecule has 0 saturated heterocycles. The number of pyridine rings is 1. The Morgan fingerprint density at radius 2 is 1.95 bits per heavy atom. The van der Waals surface area contributed by atoms with Crippen LogP contribution in [0.3, 0.4) is 0 Å². The molecular weight excluding hydrogens is 480 g/mol. The van der Waals surface area contributed by atoms with E-state index in [0.717, 1.165) is 57.8 Å². The fourth-order valence-corrected chi connectivity index (χ4v) is 5.67. The maximum absolute atomic E-state index is 11.7. The fourth-order valence-electron chi connectivity index (χ4n) is 4.54. The molecule has 0 bridgehead atoms. The summed E-state index contributed by atoms with van der Waals surface area (Å²) in [4.78, 5) is 11.3. The van der Waals surface area contributed by atoms with Gasteiger partial charge in [0.25, 0.3) is 0 Å². The Morgan fingerprint density at radius 1 is 1.22 bits per heavy atom. The molecule has 1 aromatic heterocycles. The number of sulfone groups is 1. The molecule has 7 heteroatoms. The highest BCUT2D eigenvalue weighted by Crippen LogP contribution is 2.34. The van der Waals surface area contributed by atoms with E-state index in [1.54, 1.807) is 7.05 Å². The maximum atomic E-state index is 11.7. The Labute approximate surface area is 222 Å². The van der Waals surface area contributed by atoms with Crippen molar-refractivity contribution in [1.82, 2.24) is 9.88 Å². The molecule has 1 N–H and O–H groups in total. The Morgan fingerprint density at radius 3 is 2.54 bits per heavy atom. The molecule has 0 spiro atoms. The standard InChI is InChI=1S/C30H38N4O2S/c1-8-23(19-34(5)6)24-10-9-11-25(17-24)29-13-12-28(26(18-31-4)14-21(2)3)30(33-29)32-27-15-22(16-27)20-37(7,35)36/h8-14,17-19,22,27H,1-2,15-16,20H2,3-7H3,(H,32,33)/b23-19+,26-14+,31-18?. The van der Waals surface area contributed by atoms with Crippen molar-refractivity contribution < 1.29 is 8.42 Å². The minimum absolute atomic E-state index is 0.166. The van der Waals surface area contributed by atoms with E-state index < -0.39 is 9.84 Å². The fraction of sp³-hybridized carbons (Fsp3) is 0.333. The Balaban J connectivity index is 2.01. The van der Waals surface area contributed by atoms with Gasteiger partial charge in [-0.05, 0) is 55.0 Å². The van der Waals surface area contributed by atoms with Gasteiger partial charge in [0, 0.05) is 62.6 Å². The largest absolute Gasteiger partial charge is 0.383 e. The number of allylic oxidation sites excluding steroid dienone is 5. The first-order valence-corrected chi connectivity index (χ1v) is 14.4. The molecule has 0 aliphatic heterocycles. The number of aliphatic imine (C=N–C) groups is 1. The van der Waals surface area contributed by atoms with Crippen LogP contribution in [-0.4, -0.2) is 63.7 Å². The van der Waals surface area contributed by atoms with Gasteiger partial charge < -0.3 is 10.2 Å². The van der Waals surface area contributed by atoms with E-state index in [2.05, 4.69) is 47.7 Å². The molecule has 1 fully saturated rings. The summed E-state index contributed by atoms with van der Waals surface area (Å²) in [6, 6.07) is 12.5. The Bertz CT molecular complexity index is 1350. The van der Waals surface area contributed by atoms with Crippen molar-refractivity contribution in [3.63, 3.8) is 0 Å². The quantitative estimate of drug-likeness (QED) is 0.304.